The van der Waals surface area contributed by atoms with Gasteiger partial charge in [0.15, 0.2) is 0 Å². The minimum Gasteiger partial charge on any atom is -0.496 e. The smallest absolute Gasteiger partial charge is 0.125 e. The second-order valence-electron chi connectivity index (χ2n) is 4.09. The topological polar surface area (TPSA) is 44.5 Å². The van der Waals surface area contributed by atoms with Gasteiger partial charge in [-0.3, -0.25) is 0 Å². The van der Waals surface area contributed by atoms with Gasteiger partial charge in [-0.2, -0.15) is 0 Å². The van der Waals surface area contributed by atoms with E-state index in [0.29, 0.717) is 6.54 Å². The Morgan fingerprint density at radius 1 is 1.19 bits per heavy atom. The average molecular weight is 223 g/mol. The number of hydrogen-bond donors (Lipinski definition) is 1. The van der Waals surface area contributed by atoms with E-state index >= 15 is 0 Å². The lowest BCUT2D eigenvalue weighted by molar-refractivity contribution is 0.391. The Hall–Kier alpha value is -1.22. The standard InChI is InChI=1S/C13H21NO2/c1-8(7-14)11-6-12(15-4)9(2)10(3)13(11)16-5/h6,8H,7,14H2,1-5H3. The van der Waals surface area contributed by atoms with Crippen LogP contribution in [-0.2, 0) is 0 Å². The first kappa shape index (κ1) is 12.8. The van der Waals surface area contributed by atoms with E-state index in [-0.39, 0.29) is 5.92 Å². The summed E-state index contributed by atoms with van der Waals surface area (Å²) in [5.74, 6) is 2.09. The largest absolute Gasteiger partial charge is 0.496 e. The molecule has 1 rings (SSSR count). The molecule has 90 valence electrons. The Kier molecular flexibility index (Phi) is 4.19. The molecule has 1 aromatic carbocycles. The number of rotatable bonds is 4. The van der Waals surface area contributed by atoms with Gasteiger partial charge in [0.25, 0.3) is 0 Å². The van der Waals surface area contributed by atoms with Crippen molar-refractivity contribution in [2.75, 3.05) is 20.8 Å². The lowest BCUT2D eigenvalue weighted by Gasteiger charge is -2.19. The Morgan fingerprint density at radius 2 is 1.81 bits per heavy atom. The van der Waals surface area contributed by atoms with Crippen LogP contribution in [-0.4, -0.2) is 20.8 Å². The maximum atomic E-state index is 5.71. The maximum absolute atomic E-state index is 5.71. The second kappa shape index (κ2) is 5.21. The zero-order valence-electron chi connectivity index (χ0n) is 10.8. The van der Waals surface area contributed by atoms with E-state index in [0.717, 1.165) is 28.2 Å². The Balaban J connectivity index is 3.40. The molecule has 3 heteroatoms. The molecule has 0 saturated heterocycles. The van der Waals surface area contributed by atoms with Gasteiger partial charge < -0.3 is 15.2 Å². The van der Waals surface area contributed by atoms with E-state index < -0.39 is 0 Å². The van der Waals surface area contributed by atoms with E-state index in [1.54, 1.807) is 14.2 Å². The van der Waals surface area contributed by atoms with Crippen LogP contribution in [0.5, 0.6) is 11.5 Å². The summed E-state index contributed by atoms with van der Waals surface area (Å²) in [6, 6.07) is 2.03. The van der Waals surface area contributed by atoms with Crippen molar-refractivity contribution >= 4 is 0 Å². The van der Waals surface area contributed by atoms with Gasteiger partial charge in [-0.15, -0.1) is 0 Å². The SMILES string of the molecule is COc1cc(C(C)CN)c(OC)c(C)c1C. The number of ether oxygens (including phenoxy) is 2. The normalized spacial score (nSPS) is 12.4. The van der Waals surface area contributed by atoms with Crippen LogP contribution in [0.3, 0.4) is 0 Å². The second-order valence-corrected chi connectivity index (χ2v) is 4.09. The van der Waals surface area contributed by atoms with E-state index in [4.69, 9.17) is 15.2 Å². The fourth-order valence-corrected chi connectivity index (χ4v) is 1.86. The predicted octanol–water partition coefficient (Wildman–Crippen LogP) is 2.38. The quantitative estimate of drug-likeness (QED) is 0.852. The molecule has 0 saturated carbocycles. The summed E-state index contributed by atoms with van der Waals surface area (Å²) in [7, 11) is 3.38. The van der Waals surface area contributed by atoms with Crippen LogP contribution in [0, 0.1) is 13.8 Å². The van der Waals surface area contributed by atoms with Crippen LogP contribution in [0.4, 0.5) is 0 Å². The highest BCUT2D eigenvalue weighted by molar-refractivity contribution is 5.53. The van der Waals surface area contributed by atoms with Crippen molar-refractivity contribution in [2.45, 2.75) is 26.7 Å². The van der Waals surface area contributed by atoms with E-state index in [1.165, 1.54) is 0 Å². The van der Waals surface area contributed by atoms with Crippen LogP contribution in [0.2, 0.25) is 0 Å². The first-order valence-electron chi connectivity index (χ1n) is 5.48. The Labute approximate surface area is 97.6 Å². The molecule has 0 bridgehead atoms. The zero-order chi connectivity index (χ0) is 12.3. The van der Waals surface area contributed by atoms with E-state index in [1.807, 2.05) is 19.9 Å². The van der Waals surface area contributed by atoms with E-state index in [2.05, 4.69) is 6.92 Å². The van der Waals surface area contributed by atoms with E-state index in [9.17, 15) is 0 Å². The highest BCUT2D eigenvalue weighted by Crippen LogP contribution is 2.36. The summed E-state index contributed by atoms with van der Waals surface area (Å²) in [4.78, 5) is 0. The van der Waals surface area contributed by atoms with Crippen molar-refractivity contribution in [2.24, 2.45) is 5.73 Å². The molecule has 16 heavy (non-hydrogen) atoms. The fraction of sp³-hybridized carbons (Fsp3) is 0.538. The zero-order valence-corrected chi connectivity index (χ0v) is 10.8. The van der Waals surface area contributed by atoms with Gasteiger partial charge in [0, 0.05) is 5.56 Å². The van der Waals surface area contributed by atoms with Crippen molar-refractivity contribution in [1.82, 2.24) is 0 Å². The summed E-state index contributed by atoms with van der Waals surface area (Å²) in [6.07, 6.45) is 0. The van der Waals surface area contributed by atoms with Crippen LogP contribution in [0.25, 0.3) is 0 Å². The molecule has 0 aliphatic rings. The van der Waals surface area contributed by atoms with Crippen LogP contribution in [0.1, 0.15) is 29.5 Å². The molecule has 0 aliphatic carbocycles. The highest BCUT2D eigenvalue weighted by Gasteiger charge is 2.17. The molecular formula is C13H21NO2. The summed E-state index contributed by atoms with van der Waals surface area (Å²) >= 11 is 0. The summed E-state index contributed by atoms with van der Waals surface area (Å²) in [5.41, 5.74) is 9.07. The highest BCUT2D eigenvalue weighted by atomic mass is 16.5. The van der Waals surface area contributed by atoms with Crippen molar-refractivity contribution < 1.29 is 9.47 Å². The van der Waals surface area contributed by atoms with Crippen LogP contribution >= 0.6 is 0 Å². The molecule has 1 unspecified atom stereocenters. The summed E-state index contributed by atoms with van der Waals surface area (Å²) in [6.45, 7) is 6.77. The summed E-state index contributed by atoms with van der Waals surface area (Å²) in [5, 5.41) is 0. The number of benzene rings is 1. The van der Waals surface area contributed by atoms with Gasteiger partial charge in [-0.1, -0.05) is 6.92 Å². The average Bonchev–Trinajstić information content (AvgIpc) is 2.31. The number of nitrogens with two attached hydrogens (primary N) is 1. The Morgan fingerprint density at radius 3 is 2.25 bits per heavy atom. The third-order valence-corrected chi connectivity index (χ3v) is 3.13. The molecule has 0 spiro atoms. The van der Waals surface area contributed by atoms with Crippen molar-refractivity contribution in [3.05, 3.63) is 22.8 Å². The molecule has 0 fully saturated rings. The van der Waals surface area contributed by atoms with Gasteiger partial charge in [0.05, 0.1) is 14.2 Å². The van der Waals surface area contributed by atoms with Crippen LogP contribution in [0.15, 0.2) is 6.07 Å². The molecule has 0 radical (unpaired) electrons. The lowest BCUT2D eigenvalue weighted by Crippen LogP contribution is -2.11. The number of hydrogen-bond acceptors (Lipinski definition) is 3. The molecule has 3 nitrogen and oxygen atoms in total. The maximum Gasteiger partial charge on any atom is 0.125 e. The van der Waals surface area contributed by atoms with Gasteiger partial charge in [0.2, 0.25) is 0 Å². The third kappa shape index (κ3) is 2.14. The monoisotopic (exact) mass is 223 g/mol. The summed E-state index contributed by atoms with van der Waals surface area (Å²) < 4.78 is 10.8. The molecule has 1 aromatic rings. The molecule has 0 amide bonds. The fourth-order valence-electron chi connectivity index (χ4n) is 1.86. The van der Waals surface area contributed by atoms with Crippen molar-refractivity contribution in [1.29, 1.82) is 0 Å². The minimum atomic E-state index is 0.267. The predicted molar refractivity (Wildman–Crippen MR) is 66.5 cm³/mol. The molecule has 0 heterocycles. The Bertz CT molecular complexity index is 375. The molecular weight excluding hydrogens is 202 g/mol. The first-order valence-corrected chi connectivity index (χ1v) is 5.48. The molecule has 2 N–H and O–H groups in total. The first-order chi connectivity index (χ1) is 7.56. The van der Waals surface area contributed by atoms with Gasteiger partial charge in [-0.05, 0) is 43.5 Å². The molecule has 0 aromatic heterocycles. The minimum absolute atomic E-state index is 0.267. The van der Waals surface area contributed by atoms with Gasteiger partial charge in [0.1, 0.15) is 11.5 Å². The van der Waals surface area contributed by atoms with Crippen molar-refractivity contribution in [3.63, 3.8) is 0 Å². The van der Waals surface area contributed by atoms with Gasteiger partial charge >= 0.3 is 0 Å². The lowest BCUT2D eigenvalue weighted by atomic mass is 9.94. The number of methoxy groups -OCH3 is 2. The van der Waals surface area contributed by atoms with Crippen molar-refractivity contribution in [3.8, 4) is 11.5 Å². The third-order valence-electron chi connectivity index (χ3n) is 3.13. The van der Waals surface area contributed by atoms with Crippen LogP contribution < -0.4 is 15.2 Å². The van der Waals surface area contributed by atoms with Gasteiger partial charge in [-0.25, -0.2) is 0 Å². The molecule has 0 aliphatic heterocycles. The molecule has 1 atom stereocenters.